The quantitative estimate of drug-likeness (QED) is 0.895. The molecule has 1 aromatic carbocycles. The highest BCUT2D eigenvalue weighted by molar-refractivity contribution is 9.10. The number of nitrogens with zero attached hydrogens (tertiary/aromatic N) is 1. The Morgan fingerprint density at radius 3 is 2.94 bits per heavy atom. The van der Waals surface area contributed by atoms with Gasteiger partial charge in [0, 0.05) is 11.9 Å². The molecule has 4 nitrogen and oxygen atoms in total. The van der Waals surface area contributed by atoms with Crippen LogP contribution in [0.5, 0.6) is 0 Å². The van der Waals surface area contributed by atoms with E-state index in [4.69, 9.17) is 0 Å². The SMILES string of the molecule is Cc1cc(Br)c(F)cc1NC(=O)c1ccn[nH]1. The van der Waals surface area contributed by atoms with Crippen molar-refractivity contribution in [3.05, 3.63) is 45.9 Å². The lowest BCUT2D eigenvalue weighted by Crippen LogP contribution is -2.13. The third kappa shape index (κ3) is 2.52. The number of nitrogens with one attached hydrogen (secondary N) is 2. The van der Waals surface area contributed by atoms with Crippen molar-refractivity contribution in [3.63, 3.8) is 0 Å². The first-order valence-electron chi connectivity index (χ1n) is 4.84. The predicted molar refractivity (Wildman–Crippen MR) is 65.4 cm³/mol. The summed E-state index contributed by atoms with van der Waals surface area (Å²) >= 11 is 3.08. The summed E-state index contributed by atoms with van der Waals surface area (Å²) in [6.45, 7) is 1.78. The molecule has 0 saturated carbocycles. The van der Waals surface area contributed by atoms with Gasteiger partial charge >= 0.3 is 0 Å². The zero-order valence-electron chi connectivity index (χ0n) is 8.92. The fourth-order valence-corrected chi connectivity index (χ4v) is 1.81. The first kappa shape index (κ1) is 11.8. The Bertz CT molecular complexity index is 554. The van der Waals surface area contributed by atoms with E-state index in [2.05, 4.69) is 31.4 Å². The van der Waals surface area contributed by atoms with Gasteiger partial charge in [0.05, 0.1) is 4.47 Å². The lowest BCUT2D eigenvalue weighted by Gasteiger charge is -2.08. The zero-order chi connectivity index (χ0) is 12.4. The molecular formula is C11H9BrFN3O. The van der Waals surface area contributed by atoms with E-state index in [0.29, 0.717) is 15.9 Å². The van der Waals surface area contributed by atoms with E-state index in [-0.39, 0.29) is 5.91 Å². The van der Waals surface area contributed by atoms with Crippen molar-refractivity contribution >= 4 is 27.5 Å². The van der Waals surface area contributed by atoms with Gasteiger partial charge in [-0.1, -0.05) is 0 Å². The summed E-state index contributed by atoms with van der Waals surface area (Å²) < 4.78 is 13.7. The number of anilines is 1. The maximum absolute atomic E-state index is 13.3. The fourth-order valence-electron chi connectivity index (χ4n) is 1.35. The van der Waals surface area contributed by atoms with Crippen LogP contribution in [0.1, 0.15) is 16.1 Å². The number of hydrogen-bond donors (Lipinski definition) is 2. The molecule has 0 atom stereocenters. The van der Waals surface area contributed by atoms with E-state index in [1.165, 1.54) is 12.3 Å². The summed E-state index contributed by atoms with van der Waals surface area (Å²) in [6, 6.07) is 4.42. The van der Waals surface area contributed by atoms with Crippen LogP contribution in [-0.2, 0) is 0 Å². The lowest BCUT2D eigenvalue weighted by molar-refractivity contribution is 0.102. The van der Waals surface area contributed by atoms with Crippen LogP contribution in [0.15, 0.2) is 28.9 Å². The molecule has 6 heteroatoms. The Kier molecular flexibility index (Phi) is 3.23. The molecule has 1 heterocycles. The highest BCUT2D eigenvalue weighted by Crippen LogP contribution is 2.24. The van der Waals surface area contributed by atoms with Gasteiger partial charge in [0.15, 0.2) is 0 Å². The van der Waals surface area contributed by atoms with Crippen molar-refractivity contribution in [1.82, 2.24) is 10.2 Å². The number of halogens is 2. The van der Waals surface area contributed by atoms with Crippen LogP contribution >= 0.6 is 15.9 Å². The summed E-state index contributed by atoms with van der Waals surface area (Å²) in [5.74, 6) is -0.775. The number of hydrogen-bond acceptors (Lipinski definition) is 2. The van der Waals surface area contributed by atoms with Gasteiger partial charge in [-0.05, 0) is 46.6 Å². The Balaban J connectivity index is 2.25. The number of aromatic amines is 1. The molecule has 2 rings (SSSR count). The first-order valence-corrected chi connectivity index (χ1v) is 5.63. The minimum atomic E-state index is -0.421. The van der Waals surface area contributed by atoms with Crippen molar-refractivity contribution < 1.29 is 9.18 Å². The van der Waals surface area contributed by atoms with Crippen LogP contribution in [-0.4, -0.2) is 16.1 Å². The van der Waals surface area contributed by atoms with Gasteiger partial charge in [0.1, 0.15) is 11.5 Å². The van der Waals surface area contributed by atoms with Crippen molar-refractivity contribution in [3.8, 4) is 0 Å². The molecule has 1 amide bonds. The first-order chi connectivity index (χ1) is 8.08. The topological polar surface area (TPSA) is 57.8 Å². The number of aromatic nitrogens is 2. The smallest absolute Gasteiger partial charge is 0.273 e. The van der Waals surface area contributed by atoms with Crippen molar-refractivity contribution in [2.45, 2.75) is 6.92 Å². The number of aryl methyl sites for hydroxylation is 1. The molecule has 2 aromatic rings. The van der Waals surface area contributed by atoms with Crippen LogP contribution in [0, 0.1) is 12.7 Å². The van der Waals surface area contributed by atoms with E-state index in [0.717, 1.165) is 5.56 Å². The van der Waals surface area contributed by atoms with Crippen LogP contribution in [0.2, 0.25) is 0 Å². The highest BCUT2D eigenvalue weighted by atomic mass is 79.9. The molecule has 2 N–H and O–H groups in total. The molecule has 0 fully saturated rings. The summed E-state index contributed by atoms with van der Waals surface area (Å²) in [7, 11) is 0. The Hall–Kier alpha value is -1.69. The zero-order valence-corrected chi connectivity index (χ0v) is 10.5. The van der Waals surface area contributed by atoms with E-state index in [1.54, 1.807) is 19.1 Å². The van der Waals surface area contributed by atoms with Crippen LogP contribution in [0.3, 0.4) is 0 Å². The minimum absolute atomic E-state index is 0.327. The second kappa shape index (κ2) is 4.67. The van der Waals surface area contributed by atoms with Crippen LogP contribution in [0.4, 0.5) is 10.1 Å². The van der Waals surface area contributed by atoms with Crippen LogP contribution < -0.4 is 5.32 Å². The van der Waals surface area contributed by atoms with Crippen molar-refractivity contribution in [1.29, 1.82) is 0 Å². The molecule has 0 aliphatic heterocycles. The molecule has 0 spiro atoms. The monoisotopic (exact) mass is 297 g/mol. The molecule has 0 saturated heterocycles. The molecule has 0 radical (unpaired) electrons. The maximum atomic E-state index is 13.3. The molecule has 0 unspecified atom stereocenters. The average molecular weight is 298 g/mol. The van der Waals surface area contributed by atoms with E-state index < -0.39 is 5.82 Å². The number of amides is 1. The second-order valence-corrected chi connectivity index (χ2v) is 4.36. The number of rotatable bonds is 2. The Morgan fingerprint density at radius 2 is 2.29 bits per heavy atom. The van der Waals surface area contributed by atoms with E-state index in [1.807, 2.05) is 0 Å². The number of H-pyrrole nitrogens is 1. The largest absolute Gasteiger partial charge is 0.320 e. The molecule has 0 bridgehead atoms. The molecule has 0 aliphatic carbocycles. The van der Waals surface area contributed by atoms with Crippen LogP contribution in [0.25, 0.3) is 0 Å². The van der Waals surface area contributed by atoms with Gasteiger partial charge in [0.25, 0.3) is 5.91 Å². The van der Waals surface area contributed by atoms with Crippen molar-refractivity contribution in [2.24, 2.45) is 0 Å². The fraction of sp³-hybridized carbons (Fsp3) is 0.0909. The van der Waals surface area contributed by atoms with E-state index in [9.17, 15) is 9.18 Å². The minimum Gasteiger partial charge on any atom is -0.320 e. The third-order valence-corrected chi connectivity index (χ3v) is 2.87. The maximum Gasteiger partial charge on any atom is 0.273 e. The van der Waals surface area contributed by atoms with Gasteiger partial charge in [-0.15, -0.1) is 0 Å². The molecule has 1 aromatic heterocycles. The van der Waals surface area contributed by atoms with Gasteiger partial charge < -0.3 is 5.32 Å². The molecular weight excluding hydrogens is 289 g/mol. The third-order valence-electron chi connectivity index (χ3n) is 2.26. The standard InChI is InChI=1S/C11H9BrFN3O/c1-6-4-7(12)8(13)5-10(6)15-11(17)9-2-3-14-16-9/h2-5H,1H3,(H,14,16)(H,15,17). The van der Waals surface area contributed by atoms with Crippen molar-refractivity contribution in [2.75, 3.05) is 5.32 Å². The summed E-state index contributed by atoms with van der Waals surface area (Å²) in [6.07, 6.45) is 1.48. The molecule has 0 aliphatic rings. The number of carbonyl (C=O) groups is 1. The molecule has 17 heavy (non-hydrogen) atoms. The number of carbonyl (C=O) groups excluding carboxylic acids is 1. The van der Waals surface area contributed by atoms with E-state index >= 15 is 0 Å². The lowest BCUT2D eigenvalue weighted by atomic mass is 10.2. The Labute approximate surface area is 105 Å². The summed E-state index contributed by atoms with van der Waals surface area (Å²) in [5.41, 5.74) is 1.53. The van der Waals surface area contributed by atoms with Gasteiger partial charge in [-0.3, -0.25) is 9.89 Å². The summed E-state index contributed by atoms with van der Waals surface area (Å²) in [5, 5.41) is 8.82. The van der Waals surface area contributed by atoms with Gasteiger partial charge in [-0.25, -0.2) is 4.39 Å². The van der Waals surface area contributed by atoms with Gasteiger partial charge in [-0.2, -0.15) is 5.10 Å². The molecule has 88 valence electrons. The van der Waals surface area contributed by atoms with Gasteiger partial charge in [0.2, 0.25) is 0 Å². The average Bonchev–Trinajstić information content (AvgIpc) is 2.79. The predicted octanol–water partition coefficient (Wildman–Crippen LogP) is 2.87. The highest BCUT2D eigenvalue weighted by Gasteiger charge is 2.11. The summed E-state index contributed by atoms with van der Waals surface area (Å²) in [4.78, 5) is 11.7. The Morgan fingerprint density at radius 1 is 1.53 bits per heavy atom. The number of benzene rings is 1. The normalized spacial score (nSPS) is 10.3. The second-order valence-electron chi connectivity index (χ2n) is 3.51.